The fraction of sp³-hybridized carbons (Fsp3) is 0.222. The molecule has 2 rings (SSSR count). The van der Waals surface area contributed by atoms with Crippen LogP contribution in [0.4, 0.5) is 0 Å². The van der Waals surface area contributed by atoms with Crippen molar-refractivity contribution in [2.75, 3.05) is 6.61 Å². The quantitative estimate of drug-likeness (QED) is 0.802. The molecule has 23 heavy (non-hydrogen) atoms. The van der Waals surface area contributed by atoms with Gasteiger partial charge in [-0.05, 0) is 30.7 Å². The molecule has 1 atom stereocenters. The molecule has 0 heterocycles. The van der Waals surface area contributed by atoms with Gasteiger partial charge in [0.1, 0.15) is 11.8 Å². The van der Waals surface area contributed by atoms with Crippen molar-refractivity contribution in [2.24, 2.45) is 0 Å². The maximum absolute atomic E-state index is 12.3. The Balaban J connectivity index is 2.16. The molecule has 0 aliphatic rings. The fourth-order valence-corrected chi connectivity index (χ4v) is 2.17. The second kappa shape index (κ2) is 7.98. The van der Waals surface area contributed by atoms with Gasteiger partial charge in [-0.15, -0.1) is 0 Å². The van der Waals surface area contributed by atoms with Crippen molar-refractivity contribution in [2.45, 2.75) is 19.4 Å². The maximum Gasteiger partial charge on any atom is 0.328 e. The van der Waals surface area contributed by atoms with E-state index in [4.69, 9.17) is 4.74 Å². The lowest BCUT2D eigenvalue weighted by atomic mass is 10.0. The van der Waals surface area contributed by atoms with Crippen molar-refractivity contribution >= 4 is 11.9 Å². The average molecular weight is 313 g/mol. The number of rotatable bonds is 6. The molecule has 0 saturated heterocycles. The monoisotopic (exact) mass is 313 g/mol. The molecule has 0 aliphatic heterocycles. The number of hydrogen-bond donors (Lipinski definition) is 2. The van der Waals surface area contributed by atoms with E-state index in [2.05, 4.69) is 5.32 Å². The van der Waals surface area contributed by atoms with E-state index in [1.54, 1.807) is 49.4 Å². The predicted octanol–water partition coefficient (Wildman–Crippen LogP) is 2.30. The Morgan fingerprint density at radius 3 is 2.39 bits per heavy atom. The number of hydrogen-bond acceptors (Lipinski definition) is 4. The molecular weight excluding hydrogens is 294 g/mol. The smallest absolute Gasteiger partial charge is 0.328 e. The van der Waals surface area contributed by atoms with E-state index >= 15 is 0 Å². The summed E-state index contributed by atoms with van der Waals surface area (Å²) in [5.41, 5.74) is 1.03. The molecule has 0 saturated carbocycles. The third-order valence-corrected chi connectivity index (χ3v) is 3.33. The lowest BCUT2D eigenvalue weighted by Crippen LogP contribution is -2.43. The molecule has 0 aliphatic carbocycles. The minimum Gasteiger partial charge on any atom is -0.508 e. The molecule has 2 N–H and O–H groups in total. The van der Waals surface area contributed by atoms with E-state index in [1.165, 1.54) is 6.07 Å². The van der Waals surface area contributed by atoms with Crippen LogP contribution in [-0.2, 0) is 16.0 Å². The lowest BCUT2D eigenvalue weighted by molar-refractivity contribution is -0.145. The number of ether oxygens (including phenoxy) is 1. The second-order valence-corrected chi connectivity index (χ2v) is 4.98. The number of amides is 1. The summed E-state index contributed by atoms with van der Waals surface area (Å²) in [4.78, 5) is 24.4. The van der Waals surface area contributed by atoms with Crippen molar-refractivity contribution in [1.29, 1.82) is 0 Å². The summed E-state index contributed by atoms with van der Waals surface area (Å²) < 4.78 is 5.02. The van der Waals surface area contributed by atoms with Crippen molar-refractivity contribution in [3.05, 3.63) is 65.7 Å². The highest BCUT2D eigenvalue weighted by Gasteiger charge is 2.24. The summed E-state index contributed by atoms with van der Waals surface area (Å²) in [5, 5.41) is 12.5. The molecule has 1 amide bonds. The lowest BCUT2D eigenvalue weighted by Gasteiger charge is -2.18. The number of esters is 1. The number of phenolic OH excluding ortho intramolecular Hbond substituents is 1. The number of phenols is 1. The van der Waals surface area contributed by atoms with Gasteiger partial charge in [-0.1, -0.05) is 36.4 Å². The number of carbonyl (C=O) groups is 2. The highest BCUT2D eigenvalue weighted by atomic mass is 16.5. The van der Waals surface area contributed by atoms with Gasteiger partial charge in [-0.2, -0.15) is 0 Å². The molecule has 2 aromatic carbocycles. The first-order valence-electron chi connectivity index (χ1n) is 7.41. The largest absolute Gasteiger partial charge is 0.508 e. The Morgan fingerprint density at radius 1 is 1.09 bits per heavy atom. The van der Waals surface area contributed by atoms with Crippen LogP contribution in [0.2, 0.25) is 0 Å². The number of para-hydroxylation sites is 1. The molecule has 2 aromatic rings. The summed E-state index contributed by atoms with van der Waals surface area (Å²) in [6.07, 6.45) is 0.157. The molecule has 0 radical (unpaired) electrons. The number of carbonyl (C=O) groups excluding carboxylic acids is 2. The zero-order chi connectivity index (χ0) is 16.7. The number of nitrogens with one attached hydrogen (secondary N) is 1. The zero-order valence-electron chi connectivity index (χ0n) is 12.9. The predicted molar refractivity (Wildman–Crippen MR) is 86.1 cm³/mol. The van der Waals surface area contributed by atoms with Gasteiger partial charge in [0.25, 0.3) is 5.91 Å². The number of aromatic hydroxyl groups is 1. The molecule has 120 valence electrons. The second-order valence-electron chi connectivity index (χ2n) is 4.98. The molecule has 0 bridgehead atoms. The first kappa shape index (κ1) is 16.5. The van der Waals surface area contributed by atoms with Crippen LogP contribution in [0.1, 0.15) is 22.8 Å². The van der Waals surface area contributed by atoms with Gasteiger partial charge in [0.2, 0.25) is 0 Å². The van der Waals surface area contributed by atoms with E-state index in [0.29, 0.717) is 11.1 Å². The third-order valence-electron chi connectivity index (χ3n) is 3.33. The van der Waals surface area contributed by atoms with Crippen LogP contribution < -0.4 is 5.32 Å². The van der Waals surface area contributed by atoms with Gasteiger partial charge in [-0.25, -0.2) is 4.79 Å². The molecule has 0 spiro atoms. The van der Waals surface area contributed by atoms with E-state index < -0.39 is 12.0 Å². The molecule has 0 unspecified atom stereocenters. The van der Waals surface area contributed by atoms with Gasteiger partial charge in [0.15, 0.2) is 0 Å². The van der Waals surface area contributed by atoms with Crippen molar-refractivity contribution in [3.63, 3.8) is 0 Å². The van der Waals surface area contributed by atoms with E-state index in [0.717, 1.165) is 0 Å². The van der Waals surface area contributed by atoms with Crippen LogP contribution in [-0.4, -0.2) is 29.6 Å². The topological polar surface area (TPSA) is 75.6 Å². The summed E-state index contributed by atoms with van der Waals surface area (Å²) in [7, 11) is 0. The minimum atomic E-state index is -0.865. The Kier molecular flexibility index (Phi) is 5.74. The SMILES string of the molecule is CCOC(=O)[C@@H](Cc1ccccc1O)NC(=O)c1ccccc1. The van der Waals surface area contributed by atoms with Gasteiger partial charge in [0.05, 0.1) is 6.61 Å². The molecule has 5 heteroatoms. The van der Waals surface area contributed by atoms with Crippen LogP contribution >= 0.6 is 0 Å². The Labute approximate surface area is 134 Å². The molecule has 5 nitrogen and oxygen atoms in total. The van der Waals surface area contributed by atoms with Crippen LogP contribution in [0.25, 0.3) is 0 Å². The number of benzene rings is 2. The van der Waals surface area contributed by atoms with Crippen LogP contribution in [0.3, 0.4) is 0 Å². The third kappa shape index (κ3) is 4.57. The van der Waals surface area contributed by atoms with Gasteiger partial charge >= 0.3 is 5.97 Å². The van der Waals surface area contributed by atoms with Gasteiger partial charge < -0.3 is 15.2 Å². The summed E-state index contributed by atoms with van der Waals surface area (Å²) >= 11 is 0. The summed E-state index contributed by atoms with van der Waals surface area (Å²) in [5.74, 6) is -0.810. The van der Waals surface area contributed by atoms with Gasteiger partial charge in [0, 0.05) is 12.0 Å². The van der Waals surface area contributed by atoms with Crippen molar-refractivity contribution < 1.29 is 19.4 Å². The van der Waals surface area contributed by atoms with E-state index in [9.17, 15) is 14.7 Å². The van der Waals surface area contributed by atoms with Crippen LogP contribution in [0.5, 0.6) is 5.75 Å². The highest BCUT2D eigenvalue weighted by Crippen LogP contribution is 2.18. The first-order chi connectivity index (χ1) is 11.1. The van der Waals surface area contributed by atoms with Gasteiger partial charge in [-0.3, -0.25) is 4.79 Å². The Morgan fingerprint density at radius 2 is 1.74 bits per heavy atom. The normalized spacial score (nSPS) is 11.5. The minimum absolute atomic E-state index is 0.0794. The standard InChI is InChI=1S/C18H19NO4/c1-2-23-18(22)15(12-14-10-6-7-11-16(14)20)19-17(21)13-8-4-3-5-9-13/h3-11,15,20H,2,12H2,1H3,(H,19,21)/t15-/m1/s1. The summed E-state index contributed by atoms with van der Waals surface area (Å²) in [6, 6.07) is 14.5. The van der Waals surface area contributed by atoms with Crippen LogP contribution in [0, 0.1) is 0 Å². The fourth-order valence-electron chi connectivity index (χ4n) is 2.17. The Bertz CT molecular complexity index is 670. The van der Waals surface area contributed by atoms with Crippen LogP contribution in [0.15, 0.2) is 54.6 Å². The molecular formula is C18H19NO4. The molecule has 0 fully saturated rings. The highest BCUT2D eigenvalue weighted by molar-refractivity contribution is 5.96. The summed E-state index contributed by atoms with van der Waals surface area (Å²) in [6.45, 7) is 1.92. The molecule has 0 aromatic heterocycles. The zero-order valence-corrected chi connectivity index (χ0v) is 12.9. The first-order valence-corrected chi connectivity index (χ1v) is 7.41. The van der Waals surface area contributed by atoms with Crippen molar-refractivity contribution in [3.8, 4) is 5.75 Å². The van der Waals surface area contributed by atoms with E-state index in [1.807, 2.05) is 6.07 Å². The van der Waals surface area contributed by atoms with Crippen molar-refractivity contribution in [1.82, 2.24) is 5.32 Å². The van der Waals surface area contributed by atoms with E-state index in [-0.39, 0.29) is 24.7 Å². The average Bonchev–Trinajstić information content (AvgIpc) is 2.57. The Hall–Kier alpha value is -2.82. The maximum atomic E-state index is 12.3.